The van der Waals surface area contributed by atoms with Crippen LogP contribution < -0.4 is 10.6 Å². The number of imide groups is 1. The Kier molecular flexibility index (Phi) is 5.55. The molecular weight excluding hydrogens is 278 g/mol. The van der Waals surface area contributed by atoms with E-state index in [0.717, 1.165) is 13.0 Å². The topological polar surface area (TPSA) is 61.4 Å². The van der Waals surface area contributed by atoms with Gasteiger partial charge >= 0.3 is 6.03 Å². The van der Waals surface area contributed by atoms with Crippen LogP contribution in [0.3, 0.4) is 0 Å². The van der Waals surface area contributed by atoms with Gasteiger partial charge in [0.05, 0.1) is 6.04 Å². The average Bonchev–Trinajstić information content (AvgIpc) is 2.45. The summed E-state index contributed by atoms with van der Waals surface area (Å²) in [7, 11) is 0. The van der Waals surface area contributed by atoms with Crippen LogP contribution in [0.1, 0.15) is 38.8 Å². The number of benzene rings is 1. The summed E-state index contributed by atoms with van der Waals surface area (Å²) in [4.78, 5) is 26.0. The first-order chi connectivity index (χ1) is 10.5. The van der Waals surface area contributed by atoms with Crippen molar-refractivity contribution in [1.82, 2.24) is 15.5 Å². The highest BCUT2D eigenvalue weighted by atomic mass is 16.2. The van der Waals surface area contributed by atoms with Crippen molar-refractivity contribution in [3.8, 4) is 0 Å². The van der Waals surface area contributed by atoms with Gasteiger partial charge in [0, 0.05) is 19.1 Å². The van der Waals surface area contributed by atoms with Crippen molar-refractivity contribution >= 4 is 11.9 Å². The van der Waals surface area contributed by atoms with Crippen LogP contribution in [0.15, 0.2) is 30.3 Å². The van der Waals surface area contributed by atoms with E-state index < -0.39 is 6.03 Å². The molecule has 3 amide bonds. The normalized spacial score (nSPS) is 19.4. The summed E-state index contributed by atoms with van der Waals surface area (Å²) in [6, 6.07) is 9.70. The summed E-state index contributed by atoms with van der Waals surface area (Å²) >= 11 is 0. The first kappa shape index (κ1) is 16.5. The van der Waals surface area contributed by atoms with Gasteiger partial charge in [-0.15, -0.1) is 0 Å². The third kappa shape index (κ3) is 4.07. The first-order valence-electron chi connectivity index (χ1n) is 7.88. The lowest BCUT2D eigenvalue weighted by molar-refractivity contribution is -0.128. The van der Waals surface area contributed by atoms with Crippen molar-refractivity contribution in [3.05, 3.63) is 35.9 Å². The fourth-order valence-corrected chi connectivity index (χ4v) is 2.61. The van der Waals surface area contributed by atoms with Crippen LogP contribution in [0.2, 0.25) is 0 Å². The fraction of sp³-hybridized carbons (Fsp3) is 0.529. The minimum absolute atomic E-state index is 0.248. The molecule has 1 heterocycles. The largest absolute Gasteiger partial charge is 0.338 e. The van der Waals surface area contributed by atoms with E-state index in [1.807, 2.05) is 39.0 Å². The maximum Gasteiger partial charge on any atom is 0.321 e. The lowest BCUT2D eigenvalue weighted by Gasteiger charge is -2.44. The second-order valence-corrected chi connectivity index (χ2v) is 6.22. The van der Waals surface area contributed by atoms with Crippen LogP contribution in [0.4, 0.5) is 4.79 Å². The number of carbonyl (C=O) groups is 2. The van der Waals surface area contributed by atoms with Gasteiger partial charge in [0.2, 0.25) is 5.91 Å². The molecule has 1 fully saturated rings. The molecule has 2 rings (SSSR count). The van der Waals surface area contributed by atoms with Crippen LogP contribution in [0.5, 0.6) is 0 Å². The van der Waals surface area contributed by atoms with Gasteiger partial charge < -0.3 is 5.32 Å². The molecule has 2 atom stereocenters. The molecular formula is C17H25N3O2. The van der Waals surface area contributed by atoms with Gasteiger partial charge in [0.25, 0.3) is 0 Å². The van der Waals surface area contributed by atoms with Crippen LogP contribution in [0.25, 0.3) is 0 Å². The maximum atomic E-state index is 12.2. The van der Waals surface area contributed by atoms with Crippen molar-refractivity contribution in [3.63, 3.8) is 0 Å². The number of hydrogen-bond acceptors (Lipinski definition) is 3. The molecule has 2 N–H and O–H groups in total. The zero-order chi connectivity index (χ0) is 16.1. The molecule has 1 aromatic rings. The lowest BCUT2D eigenvalue weighted by Crippen LogP contribution is -2.55. The average molecular weight is 303 g/mol. The minimum Gasteiger partial charge on any atom is -0.338 e. The van der Waals surface area contributed by atoms with E-state index in [2.05, 4.69) is 27.7 Å². The molecule has 120 valence electrons. The van der Waals surface area contributed by atoms with Gasteiger partial charge in [-0.05, 0) is 24.8 Å². The molecule has 5 heteroatoms. The van der Waals surface area contributed by atoms with Crippen molar-refractivity contribution in [1.29, 1.82) is 0 Å². The van der Waals surface area contributed by atoms with Gasteiger partial charge in [-0.1, -0.05) is 44.2 Å². The number of likely N-dealkylation sites (tertiary alicyclic amines) is 1. The molecule has 0 unspecified atom stereocenters. The van der Waals surface area contributed by atoms with E-state index in [1.54, 1.807) is 0 Å². The van der Waals surface area contributed by atoms with Gasteiger partial charge in [-0.2, -0.15) is 0 Å². The molecule has 0 radical (unpaired) electrons. The third-order valence-corrected chi connectivity index (χ3v) is 4.03. The van der Waals surface area contributed by atoms with Crippen molar-refractivity contribution in [2.45, 2.75) is 39.3 Å². The Bertz CT molecular complexity index is 516. The lowest BCUT2D eigenvalue weighted by atomic mass is 9.92. The van der Waals surface area contributed by atoms with Crippen molar-refractivity contribution in [2.75, 3.05) is 13.1 Å². The third-order valence-electron chi connectivity index (χ3n) is 4.03. The number of amides is 3. The smallest absolute Gasteiger partial charge is 0.321 e. The van der Waals surface area contributed by atoms with Crippen LogP contribution >= 0.6 is 0 Å². The highest BCUT2D eigenvalue weighted by Crippen LogP contribution is 2.34. The van der Waals surface area contributed by atoms with Gasteiger partial charge in [-0.25, -0.2) is 4.79 Å². The molecule has 1 aromatic carbocycles. The predicted octanol–water partition coefficient (Wildman–Crippen LogP) is 2.30. The monoisotopic (exact) mass is 303 g/mol. The van der Waals surface area contributed by atoms with E-state index in [9.17, 15) is 9.59 Å². The molecule has 0 spiro atoms. The summed E-state index contributed by atoms with van der Waals surface area (Å²) in [6.45, 7) is 7.30. The Hall–Kier alpha value is -1.88. The molecule has 0 saturated carbocycles. The molecule has 1 aliphatic heterocycles. The Morgan fingerprint density at radius 3 is 2.45 bits per heavy atom. The molecule has 1 aliphatic rings. The zero-order valence-electron chi connectivity index (χ0n) is 13.5. The van der Waals surface area contributed by atoms with Crippen molar-refractivity contribution in [2.24, 2.45) is 5.92 Å². The number of nitrogens with one attached hydrogen (secondary N) is 2. The Balaban J connectivity index is 1.87. The van der Waals surface area contributed by atoms with E-state index in [0.29, 0.717) is 12.5 Å². The first-order valence-corrected chi connectivity index (χ1v) is 7.88. The predicted molar refractivity (Wildman–Crippen MR) is 86.3 cm³/mol. The van der Waals surface area contributed by atoms with Gasteiger partial charge in [-0.3, -0.25) is 15.0 Å². The molecule has 5 nitrogen and oxygen atoms in total. The Labute approximate surface area is 132 Å². The summed E-state index contributed by atoms with van der Waals surface area (Å²) in [5, 5.41) is 5.12. The van der Waals surface area contributed by atoms with E-state index >= 15 is 0 Å². The zero-order valence-corrected chi connectivity index (χ0v) is 13.5. The SMILES string of the molecule is CC(C)CNC(=O)NC(=O)[C@@H](C)N1CC[C@@H]1c1ccccc1. The van der Waals surface area contributed by atoms with Crippen LogP contribution in [0, 0.1) is 5.92 Å². The molecule has 0 bridgehead atoms. The number of carbonyl (C=O) groups excluding carboxylic acids is 2. The molecule has 1 saturated heterocycles. The quantitative estimate of drug-likeness (QED) is 0.877. The maximum absolute atomic E-state index is 12.2. The molecule has 0 aromatic heterocycles. The summed E-state index contributed by atoms with van der Waals surface area (Å²) in [6.07, 6.45) is 1.04. The van der Waals surface area contributed by atoms with Gasteiger partial charge in [0.1, 0.15) is 0 Å². The fourth-order valence-electron chi connectivity index (χ4n) is 2.61. The standard InChI is InChI=1S/C17H25N3O2/c1-12(2)11-18-17(22)19-16(21)13(3)20-10-9-15(20)14-7-5-4-6-8-14/h4-8,12-13,15H,9-11H2,1-3H3,(H2,18,19,21,22)/t13-,15-/m1/s1. The highest BCUT2D eigenvalue weighted by molar-refractivity contribution is 5.96. The number of rotatable bonds is 5. The van der Waals surface area contributed by atoms with E-state index in [1.165, 1.54) is 5.56 Å². The molecule has 22 heavy (non-hydrogen) atoms. The number of nitrogens with zero attached hydrogens (tertiary/aromatic N) is 1. The molecule has 0 aliphatic carbocycles. The minimum atomic E-state index is -0.415. The summed E-state index contributed by atoms with van der Waals surface area (Å²) < 4.78 is 0. The summed E-state index contributed by atoms with van der Waals surface area (Å²) in [5.74, 6) is 0.109. The Morgan fingerprint density at radius 2 is 1.91 bits per heavy atom. The van der Waals surface area contributed by atoms with Crippen LogP contribution in [-0.4, -0.2) is 36.0 Å². The highest BCUT2D eigenvalue weighted by Gasteiger charge is 2.36. The van der Waals surface area contributed by atoms with E-state index in [-0.39, 0.29) is 18.0 Å². The number of hydrogen-bond donors (Lipinski definition) is 2. The van der Waals surface area contributed by atoms with E-state index in [4.69, 9.17) is 0 Å². The number of urea groups is 1. The van der Waals surface area contributed by atoms with Crippen LogP contribution in [-0.2, 0) is 4.79 Å². The second kappa shape index (κ2) is 7.40. The Morgan fingerprint density at radius 1 is 1.23 bits per heavy atom. The second-order valence-electron chi connectivity index (χ2n) is 6.22. The van der Waals surface area contributed by atoms with Gasteiger partial charge in [0.15, 0.2) is 0 Å². The summed E-state index contributed by atoms with van der Waals surface area (Å²) in [5.41, 5.74) is 1.22. The van der Waals surface area contributed by atoms with Crippen molar-refractivity contribution < 1.29 is 9.59 Å².